The van der Waals surface area contributed by atoms with Gasteiger partial charge in [-0.05, 0) is 48.9 Å². The molecular formula is C19H19N3O3S. The number of nitrogens with one attached hydrogen (secondary N) is 1. The van der Waals surface area contributed by atoms with E-state index in [1.165, 1.54) is 11.3 Å². The maximum atomic E-state index is 12.4. The van der Waals surface area contributed by atoms with Crippen LogP contribution in [0.2, 0.25) is 0 Å². The van der Waals surface area contributed by atoms with E-state index in [-0.39, 0.29) is 5.91 Å². The summed E-state index contributed by atoms with van der Waals surface area (Å²) < 4.78 is 10.7. The molecule has 0 aliphatic carbocycles. The minimum absolute atomic E-state index is 0.246. The summed E-state index contributed by atoms with van der Waals surface area (Å²) in [5, 5.41) is 12.1. The predicted octanol–water partition coefficient (Wildman–Crippen LogP) is 4.25. The molecule has 0 aliphatic rings. The highest BCUT2D eigenvalue weighted by atomic mass is 32.1. The summed E-state index contributed by atoms with van der Waals surface area (Å²) in [6.45, 7) is 2.65. The molecule has 3 rings (SSSR count). The Balaban J connectivity index is 1.69. The molecule has 0 spiro atoms. The molecule has 0 atom stereocenters. The molecule has 3 aromatic rings. The fraction of sp³-hybridized carbons (Fsp3) is 0.211. The quantitative estimate of drug-likeness (QED) is 0.674. The van der Waals surface area contributed by atoms with Crippen molar-refractivity contribution in [3.05, 3.63) is 54.1 Å². The molecule has 2 aromatic carbocycles. The van der Waals surface area contributed by atoms with E-state index in [1.807, 2.05) is 37.3 Å². The van der Waals surface area contributed by atoms with Crippen LogP contribution in [0.3, 0.4) is 0 Å². The van der Waals surface area contributed by atoms with Crippen molar-refractivity contribution in [3.8, 4) is 22.1 Å². The molecule has 0 aliphatic heterocycles. The number of aromatic nitrogens is 2. The third kappa shape index (κ3) is 4.37. The maximum absolute atomic E-state index is 12.4. The van der Waals surface area contributed by atoms with Gasteiger partial charge in [-0.25, -0.2) is 0 Å². The smallest absolute Gasteiger partial charge is 0.257 e. The zero-order chi connectivity index (χ0) is 18.4. The standard InChI is InChI=1S/C19H19N3O3S/c1-3-11-25-16-6-4-5-14(12-16)17(23)20-19-22-21-18(26-19)13-7-9-15(24-2)10-8-13/h4-10,12H,3,11H2,1-2H3,(H,20,22,23). The Hall–Kier alpha value is -2.93. The van der Waals surface area contributed by atoms with E-state index in [2.05, 4.69) is 15.5 Å². The molecule has 1 amide bonds. The van der Waals surface area contributed by atoms with Gasteiger partial charge in [0.25, 0.3) is 5.91 Å². The van der Waals surface area contributed by atoms with E-state index in [9.17, 15) is 4.79 Å². The summed E-state index contributed by atoms with van der Waals surface area (Å²) in [5.41, 5.74) is 1.43. The third-order valence-corrected chi connectivity index (χ3v) is 4.44. The van der Waals surface area contributed by atoms with E-state index < -0.39 is 0 Å². The van der Waals surface area contributed by atoms with Gasteiger partial charge in [-0.15, -0.1) is 10.2 Å². The Morgan fingerprint density at radius 3 is 2.65 bits per heavy atom. The highest BCUT2D eigenvalue weighted by molar-refractivity contribution is 7.18. The first-order valence-corrected chi connectivity index (χ1v) is 9.03. The molecule has 26 heavy (non-hydrogen) atoms. The van der Waals surface area contributed by atoms with Gasteiger partial charge in [0.2, 0.25) is 5.13 Å². The highest BCUT2D eigenvalue weighted by Crippen LogP contribution is 2.28. The average Bonchev–Trinajstić information content (AvgIpc) is 3.15. The Morgan fingerprint density at radius 2 is 1.92 bits per heavy atom. The van der Waals surface area contributed by atoms with Crippen LogP contribution in [0.5, 0.6) is 11.5 Å². The molecule has 1 heterocycles. The summed E-state index contributed by atoms with van der Waals surface area (Å²) in [6, 6.07) is 14.6. The number of amides is 1. The maximum Gasteiger partial charge on any atom is 0.257 e. The first-order chi connectivity index (χ1) is 12.7. The van der Waals surface area contributed by atoms with Crippen molar-refractivity contribution < 1.29 is 14.3 Å². The van der Waals surface area contributed by atoms with Gasteiger partial charge in [-0.1, -0.05) is 24.3 Å². The second-order valence-corrected chi connectivity index (χ2v) is 6.45. The topological polar surface area (TPSA) is 73.3 Å². The number of hydrogen-bond acceptors (Lipinski definition) is 6. The summed E-state index contributed by atoms with van der Waals surface area (Å²) in [4.78, 5) is 12.4. The Bertz CT molecular complexity index is 878. The minimum Gasteiger partial charge on any atom is -0.497 e. The number of methoxy groups -OCH3 is 1. The summed E-state index contributed by atoms with van der Waals surface area (Å²) >= 11 is 1.31. The second-order valence-electron chi connectivity index (χ2n) is 5.47. The van der Waals surface area contributed by atoms with Gasteiger partial charge in [-0.3, -0.25) is 10.1 Å². The molecule has 0 radical (unpaired) electrons. The average molecular weight is 369 g/mol. The lowest BCUT2D eigenvalue weighted by Gasteiger charge is -2.06. The lowest BCUT2D eigenvalue weighted by atomic mass is 10.2. The lowest BCUT2D eigenvalue weighted by molar-refractivity contribution is 0.102. The van der Waals surface area contributed by atoms with E-state index >= 15 is 0 Å². The van der Waals surface area contributed by atoms with Gasteiger partial charge in [0, 0.05) is 11.1 Å². The van der Waals surface area contributed by atoms with Gasteiger partial charge in [0.15, 0.2) is 0 Å². The van der Waals surface area contributed by atoms with Crippen molar-refractivity contribution in [1.29, 1.82) is 0 Å². The van der Waals surface area contributed by atoms with E-state index in [0.29, 0.717) is 23.1 Å². The summed E-state index contributed by atoms with van der Waals surface area (Å²) in [5.74, 6) is 1.21. The highest BCUT2D eigenvalue weighted by Gasteiger charge is 2.12. The van der Waals surface area contributed by atoms with Gasteiger partial charge < -0.3 is 9.47 Å². The van der Waals surface area contributed by atoms with Crippen molar-refractivity contribution in [3.63, 3.8) is 0 Å². The van der Waals surface area contributed by atoms with Crippen LogP contribution in [0.4, 0.5) is 5.13 Å². The van der Waals surface area contributed by atoms with Crippen LogP contribution in [-0.2, 0) is 0 Å². The van der Waals surface area contributed by atoms with Crippen LogP contribution in [0.15, 0.2) is 48.5 Å². The van der Waals surface area contributed by atoms with Crippen LogP contribution >= 0.6 is 11.3 Å². The third-order valence-electron chi connectivity index (χ3n) is 3.55. The Kier molecular flexibility index (Phi) is 5.80. The van der Waals surface area contributed by atoms with Crippen molar-refractivity contribution in [2.24, 2.45) is 0 Å². The monoisotopic (exact) mass is 369 g/mol. The van der Waals surface area contributed by atoms with Crippen LogP contribution < -0.4 is 14.8 Å². The van der Waals surface area contributed by atoms with Crippen molar-refractivity contribution in [2.75, 3.05) is 19.0 Å². The Morgan fingerprint density at radius 1 is 1.12 bits per heavy atom. The first-order valence-electron chi connectivity index (χ1n) is 8.21. The summed E-state index contributed by atoms with van der Waals surface area (Å²) in [7, 11) is 1.62. The largest absolute Gasteiger partial charge is 0.497 e. The minimum atomic E-state index is -0.246. The molecule has 7 heteroatoms. The van der Waals surface area contributed by atoms with E-state index in [1.54, 1.807) is 25.3 Å². The fourth-order valence-corrected chi connectivity index (χ4v) is 2.98. The second kappa shape index (κ2) is 8.44. The number of anilines is 1. The summed E-state index contributed by atoms with van der Waals surface area (Å²) in [6.07, 6.45) is 0.912. The van der Waals surface area contributed by atoms with Gasteiger partial charge in [-0.2, -0.15) is 0 Å². The number of benzene rings is 2. The van der Waals surface area contributed by atoms with Crippen LogP contribution in [-0.4, -0.2) is 29.8 Å². The Labute approximate surface area is 155 Å². The number of hydrogen-bond donors (Lipinski definition) is 1. The van der Waals surface area contributed by atoms with Crippen LogP contribution in [0, 0.1) is 0 Å². The molecule has 6 nitrogen and oxygen atoms in total. The van der Waals surface area contributed by atoms with Gasteiger partial charge >= 0.3 is 0 Å². The number of carbonyl (C=O) groups is 1. The van der Waals surface area contributed by atoms with Gasteiger partial charge in [0.05, 0.1) is 13.7 Å². The molecule has 0 unspecified atom stereocenters. The number of ether oxygens (including phenoxy) is 2. The molecule has 134 valence electrons. The number of nitrogens with zero attached hydrogens (tertiary/aromatic N) is 2. The molecule has 0 fully saturated rings. The number of carbonyl (C=O) groups excluding carboxylic acids is 1. The zero-order valence-corrected chi connectivity index (χ0v) is 15.4. The molecule has 0 saturated heterocycles. The molecular weight excluding hydrogens is 350 g/mol. The van der Waals surface area contributed by atoms with E-state index in [0.717, 1.165) is 22.7 Å². The fourth-order valence-electron chi connectivity index (χ4n) is 2.24. The van der Waals surface area contributed by atoms with Crippen molar-refractivity contribution in [2.45, 2.75) is 13.3 Å². The molecule has 1 aromatic heterocycles. The SMILES string of the molecule is CCCOc1cccc(C(=O)Nc2nnc(-c3ccc(OC)cc3)s2)c1. The first kappa shape index (κ1) is 17.9. The van der Waals surface area contributed by atoms with Crippen molar-refractivity contribution in [1.82, 2.24) is 10.2 Å². The van der Waals surface area contributed by atoms with Crippen LogP contribution in [0.25, 0.3) is 10.6 Å². The molecule has 0 saturated carbocycles. The molecule has 1 N–H and O–H groups in total. The molecule has 0 bridgehead atoms. The van der Waals surface area contributed by atoms with Gasteiger partial charge in [0.1, 0.15) is 16.5 Å². The normalized spacial score (nSPS) is 10.4. The number of rotatable bonds is 7. The zero-order valence-electron chi connectivity index (χ0n) is 14.6. The van der Waals surface area contributed by atoms with E-state index in [4.69, 9.17) is 9.47 Å². The van der Waals surface area contributed by atoms with Crippen LogP contribution in [0.1, 0.15) is 23.7 Å². The predicted molar refractivity (Wildman–Crippen MR) is 102 cm³/mol. The van der Waals surface area contributed by atoms with Crippen molar-refractivity contribution >= 4 is 22.4 Å². The lowest BCUT2D eigenvalue weighted by Crippen LogP contribution is -2.11.